The maximum Gasteiger partial charge on any atom is 0.410 e. The van der Waals surface area contributed by atoms with Crippen LogP contribution in [0.1, 0.15) is 94.2 Å². The number of carbonyl (C=O) groups excluding carboxylic acids is 4. The summed E-state index contributed by atoms with van der Waals surface area (Å²) in [7, 11) is 3.10. The highest BCUT2D eigenvalue weighted by molar-refractivity contribution is 5.94. The summed E-state index contributed by atoms with van der Waals surface area (Å²) in [5.41, 5.74) is -0.309. The van der Waals surface area contributed by atoms with Crippen LogP contribution in [0.2, 0.25) is 0 Å². The highest BCUT2D eigenvalue weighted by atomic mass is 16.6. The number of hydrogen-bond donors (Lipinski definition) is 1. The average Bonchev–Trinajstić information content (AvgIpc) is 2.88. The first-order valence-corrected chi connectivity index (χ1v) is 15.4. The minimum atomic E-state index is -1.09. The van der Waals surface area contributed by atoms with Crippen LogP contribution in [0.4, 0.5) is 4.79 Å². The van der Waals surface area contributed by atoms with E-state index < -0.39 is 52.5 Å². The second-order valence-electron chi connectivity index (χ2n) is 14.5. The minimum absolute atomic E-state index is 0.204. The lowest BCUT2D eigenvalue weighted by Crippen LogP contribution is -2.66. The van der Waals surface area contributed by atoms with Crippen molar-refractivity contribution in [2.75, 3.05) is 20.7 Å². The zero-order chi connectivity index (χ0) is 34.4. The molecule has 1 aromatic rings. The standard InChI is InChI=1S/C35H57N3O6/c1-16-43-31(41)24(5)21-26(22(2)3)38(27(29(39)36-14)33(6,7)8)30(40)28(37(15)32(42)44-34(9,10)11)35(12,13)25-20-18-17-19-23(25)4/h17-22,26-28H,16H2,1-15H3,(H,36,39)/b24-21+/t26-,27-,28-/m1/s1. The number of aryl methyl sites for hydroxylation is 1. The van der Waals surface area contributed by atoms with Crippen molar-refractivity contribution in [1.29, 1.82) is 0 Å². The molecule has 44 heavy (non-hydrogen) atoms. The van der Waals surface area contributed by atoms with Gasteiger partial charge in [-0.1, -0.05) is 78.8 Å². The Labute approximate surface area is 265 Å². The molecule has 0 aliphatic rings. The molecular formula is C35H57N3O6. The highest BCUT2D eigenvalue weighted by Crippen LogP contribution is 2.37. The number of esters is 1. The van der Waals surface area contributed by atoms with Crippen LogP contribution in [0.25, 0.3) is 0 Å². The Morgan fingerprint density at radius 2 is 1.50 bits per heavy atom. The molecule has 1 N–H and O–H groups in total. The van der Waals surface area contributed by atoms with E-state index in [0.29, 0.717) is 5.57 Å². The van der Waals surface area contributed by atoms with Gasteiger partial charge in [-0.15, -0.1) is 0 Å². The van der Waals surface area contributed by atoms with E-state index in [1.165, 1.54) is 11.9 Å². The van der Waals surface area contributed by atoms with Crippen LogP contribution in [0, 0.1) is 18.3 Å². The van der Waals surface area contributed by atoms with Crippen molar-refractivity contribution in [1.82, 2.24) is 15.1 Å². The third kappa shape index (κ3) is 9.57. The molecule has 0 aliphatic heterocycles. The quantitative estimate of drug-likeness (QED) is 0.241. The van der Waals surface area contributed by atoms with Crippen molar-refractivity contribution in [2.45, 2.75) is 119 Å². The molecule has 0 saturated carbocycles. The van der Waals surface area contributed by atoms with Gasteiger partial charge in [-0.25, -0.2) is 9.59 Å². The predicted molar refractivity (Wildman–Crippen MR) is 175 cm³/mol. The summed E-state index contributed by atoms with van der Waals surface area (Å²) in [4.78, 5) is 58.4. The Morgan fingerprint density at radius 3 is 1.93 bits per heavy atom. The van der Waals surface area contributed by atoms with Gasteiger partial charge in [-0.3, -0.25) is 14.5 Å². The molecule has 0 aromatic heterocycles. The van der Waals surface area contributed by atoms with Crippen LogP contribution in [0.3, 0.4) is 0 Å². The number of ether oxygens (including phenoxy) is 2. The predicted octanol–water partition coefficient (Wildman–Crippen LogP) is 6.03. The van der Waals surface area contributed by atoms with Gasteiger partial charge in [0.05, 0.1) is 12.6 Å². The van der Waals surface area contributed by atoms with E-state index in [9.17, 15) is 14.4 Å². The van der Waals surface area contributed by atoms with Crippen molar-refractivity contribution in [3.05, 3.63) is 47.0 Å². The van der Waals surface area contributed by atoms with E-state index in [1.807, 2.05) is 79.7 Å². The summed E-state index contributed by atoms with van der Waals surface area (Å²) in [6.45, 7) is 24.3. The maximum atomic E-state index is 15.4. The summed E-state index contributed by atoms with van der Waals surface area (Å²) < 4.78 is 11.0. The number of hydrogen-bond acceptors (Lipinski definition) is 6. The van der Waals surface area contributed by atoms with Crippen molar-refractivity contribution in [3.8, 4) is 0 Å². The van der Waals surface area contributed by atoms with Gasteiger partial charge >= 0.3 is 12.1 Å². The molecule has 9 nitrogen and oxygen atoms in total. The average molecular weight is 616 g/mol. The fraction of sp³-hybridized carbons (Fsp3) is 0.657. The molecule has 1 rings (SSSR count). The first-order chi connectivity index (χ1) is 20.0. The van der Waals surface area contributed by atoms with Crippen molar-refractivity contribution in [2.24, 2.45) is 11.3 Å². The SMILES string of the molecule is CCOC(=O)/C(C)=C/[C@H](C(C)C)N(C(=O)[C@@H](N(C)C(=O)OC(C)(C)C)C(C)(C)c1ccccc1C)[C@H](C(=O)NC)C(C)(C)C. The zero-order valence-electron chi connectivity index (χ0n) is 29.7. The minimum Gasteiger partial charge on any atom is -0.463 e. The van der Waals surface area contributed by atoms with Gasteiger partial charge in [-0.2, -0.15) is 0 Å². The molecule has 0 aliphatic carbocycles. The first kappa shape index (κ1) is 38.7. The van der Waals surface area contributed by atoms with E-state index in [4.69, 9.17) is 9.47 Å². The largest absolute Gasteiger partial charge is 0.463 e. The third-order valence-corrected chi connectivity index (χ3v) is 7.70. The molecule has 0 radical (unpaired) electrons. The lowest BCUT2D eigenvalue weighted by molar-refractivity contribution is -0.153. The van der Waals surface area contributed by atoms with E-state index in [0.717, 1.165) is 11.1 Å². The number of amides is 3. The monoisotopic (exact) mass is 615 g/mol. The van der Waals surface area contributed by atoms with Crippen molar-refractivity contribution >= 4 is 23.9 Å². The van der Waals surface area contributed by atoms with Crippen molar-refractivity contribution < 1.29 is 28.7 Å². The molecule has 248 valence electrons. The lowest BCUT2D eigenvalue weighted by Gasteiger charge is -2.49. The van der Waals surface area contributed by atoms with Crippen LogP contribution >= 0.6 is 0 Å². The van der Waals surface area contributed by atoms with E-state index in [2.05, 4.69) is 5.32 Å². The van der Waals surface area contributed by atoms with Gasteiger partial charge in [0.15, 0.2) is 0 Å². The van der Waals surface area contributed by atoms with Crippen molar-refractivity contribution in [3.63, 3.8) is 0 Å². The van der Waals surface area contributed by atoms with Gasteiger partial charge < -0.3 is 19.7 Å². The van der Waals surface area contributed by atoms with Crippen LogP contribution in [0.5, 0.6) is 0 Å². The number of carbonyl (C=O) groups is 4. The fourth-order valence-corrected chi connectivity index (χ4v) is 5.67. The van der Waals surface area contributed by atoms with Crippen LogP contribution in [-0.2, 0) is 29.3 Å². The Kier molecular flexibility index (Phi) is 13.3. The summed E-state index contributed by atoms with van der Waals surface area (Å²) >= 11 is 0. The molecule has 0 heterocycles. The number of rotatable bonds is 11. The third-order valence-electron chi connectivity index (χ3n) is 7.70. The molecule has 0 spiro atoms. The molecule has 0 saturated heterocycles. The Morgan fingerprint density at radius 1 is 0.955 bits per heavy atom. The molecule has 3 amide bonds. The molecular weight excluding hydrogens is 558 g/mol. The van der Waals surface area contributed by atoms with Gasteiger partial charge in [0.1, 0.15) is 17.7 Å². The molecule has 9 heteroatoms. The number of benzene rings is 1. The lowest BCUT2D eigenvalue weighted by atomic mass is 9.73. The Balaban J connectivity index is 4.21. The number of likely N-dealkylation sites (N-methyl/N-ethyl adjacent to an activating group) is 2. The molecule has 0 fully saturated rings. The second-order valence-corrected chi connectivity index (χ2v) is 14.5. The number of nitrogens with zero attached hydrogens (tertiary/aromatic N) is 2. The molecule has 1 aromatic carbocycles. The van der Waals surface area contributed by atoms with E-state index in [-0.39, 0.29) is 18.4 Å². The van der Waals surface area contributed by atoms with Gasteiger partial charge in [0, 0.05) is 25.1 Å². The van der Waals surface area contributed by atoms with Crippen LogP contribution in [-0.4, -0.2) is 78.1 Å². The maximum absolute atomic E-state index is 15.4. The van der Waals surface area contributed by atoms with Gasteiger partial charge in [0.2, 0.25) is 11.8 Å². The second kappa shape index (κ2) is 15.1. The van der Waals surface area contributed by atoms with Crippen LogP contribution in [0.15, 0.2) is 35.9 Å². The summed E-state index contributed by atoms with van der Waals surface area (Å²) in [5, 5.41) is 2.75. The smallest absolute Gasteiger partial charge is 0.410 e. The first-order valence-electron chi connectivity index (χ1n) is 15.4. The number of nitrogens with one attached hydrogen (secondary N) is 1. The van der Waals surface area contributed by atoms with Gasteiger partial charge in [-0.05, 0) is 64.0 Å². The van der Waals surface area contributed by atoms with E-state index in [1.54, 1.807) is 52.6 Å². The Hall–Kier alpha value is -3.36. The normalized spacial score (nSPS) is 14.8. The fourth-order valence-electron chi connectivity index (χ4n) is 5.67. The topological polar surface area (TPSA) is 105 Å². The Bertz CT molecular complexity index is 1210. The summed E-state index contributed by atoms with van der Waals surface area (Å²) in [5.74, 6) is -1.51. The van der Waals surface area contributed by atoms with E-state index >= 15 is 4.79 Å². The molecule has 3 atom stereocenters. The van der Waals surface area contributed by atoms with Gasteiger partial charge in [0.25, 0.3) is 0 Å². The molecule has 0 unspecified atom stereocenters. The summed E-state index contributed by atoms with van der Waals surface area (Å²) in [6.07, 6.45) is 1.04. The van der Waals surface area contributed by atoms with Crippen LogP contribution < -0.4 is 5.32 Å². The highest BCUT2D eigenvalue weighted by Gasteiger charge is 2.50. The molecule has 0 bridgehead atoms. The summed E-state index contributed by atoms with van der Waals surface area (Å²) in [6, 6.07) is 5.00. The zero-order valence-corrected chi connectivity index (χ0v) is 29.7.